The van der Waals surface area contributed by atoms with Crippen molar-refractivity contribution in [2.45, 2.75) is 0 Å². The fraction of sp³-hybridized carbons (Fsp3) is 0. The SMILES string of the molecule is Clc1ccc(-c2nc(Cl)c3sccc3n2)cn1. The number of rotatable bonds is 1. The predicted molar refractivity (Wildman–Crippen MR) is 70.7 cm³/mol. The zero-order chi connectivity index (χ0) is 11.8. The van der Waals surface area contributed by atoms with Crippen LogP contribution in [0.2, 0.25) is 10.3 Å². The minimum atomic E-state index is 0.441. The van der Waals surface area contributed by atoms with Gasteiger partial charge in [-0.1, -0.05) is 23.2 Å². The van der Waals surface area contributed by atoms with Crippen molar-refractivity contribution in [3.63, 3.8) is 0 Å². The van der Waals surface area contributed by atoms with Gasteiger partial charge in [0.2, 0.25) is 0 Å². The summed E-state index contributed by atoms with van der Waals surface area (Å²) in [7, 11) is 0. The molecular formula is C11H5Cl2N3S. The van der Waals surface area contributed by atoms with E-state index in [2.05, 4.69) is 15.0 Å². The molecule has 6 heteroatoms. The van der Waals surface area contributed by atoms with Crippen molar-refractivity contribution in [1.29, 1.82) is 0 Å². The maximum absolute atomic E-state index is 6.10. The number of aromatic nitrogens is 3. The van der Waals surface area contributed by atoms with Gasteiger partial charge in [-0.05, 0) is 23.6 Å². The van der Waals surface area contributed by atoms with Gasteiger partial charge in [0.15, 0.2) is 11.0 Å². The molecule has 84 valence electrons. The lowest BCUT2D eigenvalue weighted by Gasteiger charge is -2.01. The molecule has 0 aromatic carbocycles. The van der Waals surface area contributed by atoms with Gasteiger partial charge in [-0.3, -0.25) is 0 Å². The molecule has 0 aliphatic rings. The van der Waals surface area contributed by atoms with Crippen molar-refractivity contribution in [2.75, 3.05) is 0 Å². The zero-order valence-electron chi connectivity index (χ0n) is 8.39. The molecule has 0 unspecified atom stereocenters. The van der Waals surface area contributed by atoms with Gasteiger partial charge < -0.3 is 0 Å². The summed E-state index contributed by atoms with van der Waals surface area (Å²) < 4.78 is 0.900. The van der Waals surface area contributed by atoms with E-state index >= 15 is 0 Å². The van der Waals surface area contributed by atoms with Gasteiger partial charge in [0, 0.05) is 11.8 Å². The molecule has 0 saturated carbocycles. The molecule has 0 atom stereocenters. The highest BCUT2D eigenvalue weighted by molar-refractivity contribution is 7.17. The monoisotopic (exact) mass is 281 g/mol. The molecule has 0 amide bonds. The molecule has 3 nitrogen and oxygen atoms in total. The highest BCUT2D eigenvalue weighted by Crippen LogP contribution is 2.28. The third-order valence-electron chi connectivity index (χ3n) is 2.25. The van der Waals surface area contributed by atoms with Gasteiger partial charge in [0.1, 0.15) is 5.15 Å². The Morgan fingerprint density at radius 3 is 2.71 bits per heavy atom. The average molecular weight is 282 g/mol. The maximum atomic E-state index is 6.10. The quantitative estimate of drug-likeness (QED) is 0.499. The Hall–Kier alpha value is -1.23. The van der Waals surface area contributed by atoms with Gasteiger partial charge in [0.05, 0.1) is 10.2 Å². The van der Waals surface area contributed by atoms with Crippen LogP contribution in [0.3, 0.4) is 0 Å². The molecule has 0 radical (unpaired) electrons. The van der Waals surface area contributed by atoms with Gasteiger partial charge >= 0.3 is 0 Å². The molecule has 0 N–H and O–H groups in total. The summed E-state index contributed by atoms with van der Waals surface area (Å²) in [5.41, 5.74) is 1.64. The molecule has 0 aliphatic heterocycles. The summed E-state index contributed by atoms with van der Waals surface area (Å²) >= 11 is 13.4. The summed E-state index contributed by atoms with van der Waals surface area (Å²) in [5, 5.41) is 2.85. The van der Waals surface area contributed by atoms with Crippen LogP contribution in [0.5, 0.6) is 0 Å². The number of hydrogen-bond acceptors (Lipinski definition) is 4. The third-order valence-corrected chi connectivity index (χ3v) is 3.77. The zero-order valence-corrected chi connectivity index (χ0v) is 10.7. The Balaban J connectivity index is 2.20. The number of halogens is 2. The van der Waals surface area contributed by atoms with Crippen LogP contribution in [-0.2, 0) is 0 Å². The van der Waals surface area contributed by atoms with E-state index in [-0.39, 0.29) is 0 Å². The van der Waals surface area contributed by atoms with Crippen LogP contribution in [0.1, 0.15) is 0 Å². The lowest BCUT2D eigenvalue weighted by molar-refractivity contribution is 1.21. The van der Waals surface area contributed by atoms with Crippen molar-refractivity contribution in [2.24, 2.45) is 0 Å². The summed E-state index contributed by atoms with van der Waals surface area (Å²) in [5.74, 6) is 0.560. The van der Waals surface area contributed by atoms with E-state index in [4.69, 9.17) is 23.2 Å². The molecular weight excluding hydrogens is 277 g/mol. The predicted octanol–water partition coefficient (Wildman–Crippen LogP) is 4.06. The smallest absolute Gasteiger partial charge is 0.163 e. The van der Waals surface area contributed by atoms with Crippen LogP contribution in [-0.4, -0.2) is 15.0 Å². The van der Waals surface area contributed by atoms with Crippen molar-refractivity contribution < 1.29 is 0 Å². The van der Waals surface area contributed by atoms with Crippen molar-refractivity contribution >= 4 is 44.8 Å². The molecule has 17 heavy (non-hydrogen) atoms. The van der Waals surface area contributed by atoms with E-state index in [0.717, 1.165) is 15.8 Å². The van der Waals surface area contributed by atoms with E-state index in [1.165, 1.54) is 11.3 Å². The Labute approximate surface area is 111 Å². The topological polar surface area (TPSA) is 38.7 Å². The van der Waals surface area contributed by atoms with Gasteiger partial charge in [0.25, 0.3) is 0 Å². The minimum absolute atomic E-state index is 0.441. The van der Waals surface area contributed by atoms with Gasteiger partial charge in [-0.2, -0.15) is 0 Å². The molecule has 0 fully saturated rings. The standard InChI is InChI=1S/C11H5Cl2N3S/c12-8-2-1-6(5-14-8)11-15-7-3-4-17-9(7)10(13)16-11/h1-5H. The number of thiophene rings is 1. The highest BCUT2D eigenvalue weighted by atomic mass is 35.5. The molecule has 3 heterocycles. The summed E-state index contributed by atoms with van der Waals surface area (Å²) in [6.45, 7) is 0. The first-order valence-electron chi connectivity index (χ1n) is 4.77. The number of pyridine rings is 1. The molecule has 0 spiro atoms. The lowest BCUT2D eigenvalue weighted by atomic mass is 10.2. The van der Waals surface area contributed by atoms with Crippen LogP contribution in [0.4, 0.5) is 0 Å². The number of fused-ring (bicyclic) bond motifs is 1. The Kier molecular flexibility index (Phi) is 2.70. The summed E-state index contributed by atoms with van der Waals surface area (Å²) in [6.07, 6.45) is 1.63. The number of hydrogen-bond donors (Lipinski definition) is 0. The molecule has 3 aromatic rings. The first kappa shape index (κ1) is 10.9. The maximum Gasteiger partial charge on any atom is 0.163 e. The van der Waals surface area contributed by atoms with Crippen LogP contribution in [0.15, 0.2) is 29.8 Å². The Bertz CT molecular complexity index is 679. The third kappa shape index (κ3) is 1.99. The van der Waals surface area contributed by atoms with Crippen molar-refractivity contribution in [3.05, 3.63) is 40.1 Å². The Morgan fingerprint density at radius 1 is 1.06 bits per heavy atom. The van der Waals surface area contributed by atoms with Crippen molar-refractivity contribution in [3.8, 4) is 11.4 Å². The molecule has 0 bridgehead atoms. The van der Waals surface area contributed by atoms with E-state index in [0.29, 0.717) is 16.1 Å². The second kappa shape index (κ2) is 4.22. The lowest BCUT2D eigenvalue weighted by Crippen LogP contribution is -1.90. The van der Waals surface area contributed by atoms with Crippen LogP contribution < -0.4 is 0 Å². The van der Waals surface area contributed by atoms with E-state index < -0.39 is 0 Å². The van der Waals surface area contributed by atoms with Gasteiger partial charge in [-0.25, -0.2) is 15.0 Å². The fourth-order valence-corrected chi connectivity index (χ4v) is 2.60. The second-order valence-electron chi connectivity index (χ2n) is 3.34. The van der Waals surface area contributed by atoms with Crippen LogP contribution >= 0.6 is 34.5 Å². The number of nitrogens with zero attached hydrogens (tertiary/aromatic N) is 3. The Morgan fingerprint density at radius 2 is 1.94 bits per heavy atom. The van der Waals surface area contributed by atoms with E-state index in [1.807, 2.05) is 17.5 Å². The molecule has 3 aromatic heterocycles. The fourth-order valence-electron chi connectivity index (χ4n) is 1.46. The normalized spacial score (nSPS) is 10.9. The molecule has 0 aliphatic carbocycles. The van der Waals surface area contributed by atoms with Crippen LogP contribution in [0, 0.1) is 0 Å². The minimum Gasteiger partial charge on any atom is -0.244 e. The van der Waals surface area contributed by atoms with Crippen LogP contribution in [0.25, 0.3) is 21.6 Å². The largest absolute Gasteiger partial charge is 0.244 e. The summed E-state index contributed by atoms with van der Waals surface area (Å²) in [4.78, 5) is 12.7. The molecule has 0 saturated heterocycles. The first-order chi connectivity index (χ1) is 8.24. The first-order valence-corrected chi connectivity index (χ1v) is 6.40. The highest BCUT2D eigenvalue weighted by Gasteiger charge is 2.09. The summed E-state index contributed by atoms with van der Waals surface area (Å²) in [6, 6.07) is 5.44. The van der Waals surface area contributed by atoms with Gasteiger partial charge in [-0.15, -0.1) is 11.3 Å². The van der Waals surface area contributed by atoms with E-state index in [1.54, 1.807) is 12.3 Å². The second-order valence-corrected chi connectivity index (χ2v) is 5.00. The van der Waals surface area contributed by atoms with E-state index in [9.17, 15) is 0 Å². The average Bonchev–Trinajstić information content (AvgIpc) is 2.78. The van der Waals surface area contributed by atoms with Crippen molar-refractivity contribution in [1.82, 2.24) is 15.0 Å². The molecule has 3 rings (SSSR count).